The predicted octanol–water partition coefficient (Wildman–Crippen LogP) is 3.55. The molecule has 0 aliphatic carbocycles. The maximum atomic E-state index is 12.0. The molecular weight excluding hydrogens is 295 g/mol. The summed E-state index contributed by atoms with van der Waals surface area (Å²) in [7, 11) is 0. The van der Waals surface area contributed by atoms with Gasteiger partial charge in [0.2, 0.25) is 0 Å². The first-order chi connectivity index (χ1) is 9.58. The Hall–Kier alpha value is -1.71. The van der Waals surface area contributed by atoms with Crippen molar-refractivity contribution in [2.75, 3.05) is 12.3 Å². The second-order valence-corrected chi connectivity index (χ2v) is 5.18. The van der Waals surface area contributed by atoms with Gasteiger partial charge in [0.25, 0.3) is 5.91 Å². The Labute approximate surface area is 127 Å². The fourth-order valence-corrected chi connectivity index (χ4v) is 2.23. The van der Waals surface area contributed by atoms with Crippen LogP contribution < -0.4 is 11.1 Å². The molecule has 0 aromatic heterocycles. The van der Waals surface area contributed by atoms with E-state index in [0.29, 0.717) is 34.3 Å². The summed E-state index contributed by atoms with van der Waals surface area (Å²) >= 11 is 11.8. The lowest BCUT2D eigenvalue weighted by molar-refractivity contribution is 0.0955. The van der Waals surface area contributed by atoms with Crippen LogP contribution in [0.1, 0.15) is 15.9 Å². The summed E-state index contributed by atoms with van der Waals surface area (Å²) in [4.78, 5) is 12.0. The second kappa shape index (κ2) is 6.64. The number of nitrogens with one attached hydrogen (secondary N) is 1. The van der Waals surface area contributed by atoms with Crippen molar-refractivity contribution in [1.82, 2.24) is 5.32 Å². The molecule has 0 radical (unpaired) electrons. The normalized spacial score (nSPS) is 10.3. The zero-order valence-electron chi connectivity index (χ0n) is 10.7. The third kappa shape index (κ3) is 3.65. The van der Waals surface area contributed by atoms with Gasteiger partial charge < -0.3 is 11.1 Å². The van der Waals surface area contributed by atoms with E-state index in [0.717, 1.165) is 5.56 Å². The van der Waals surface area contributed by atoms with Crippen LogP contribution in [-0.4, -0.2) is 12.5 Å². The zero-order chi connectivity index (χ0) is 14.5. The number of rotatable bonds is 4. The Kier molecular flexibility index (Phi) is 4.88. The van der Waals surface area contributed by atoms with Gasteiger partial charge in [0.1, 0.15) is 0 Å². The van der Waals surface area contributed by atoms with Crippen LogP contribution in [0.15, 0.2) is 42.5 Å². The first-order valence-electron chi connectivity index (χ1n) is 6.14. The van der Waals surface area contributed by atoms with Gasteiger partial charge in [0.05, 0.1) is 16.3 Å². The van der Waals surface area contributed by atoms with E-state index in [2.05, 4.69) is 5.32 Å². The number of para-hydroxylation sites is 1. The number of hydrogen-bond donors (Lipinski definition) is 2. The van der Waals surface area contributed by atoms with E-state index in [9.17, 15) is 4.79 Å². The fraction of sp³-hybridized carbons (Fsp3) is 0.133. The molecule has 5 heteroatoms. The van der Waals surface area contributed by atoms with Crippen molar-refractivity contribution in [2.24, 2.45) is 0 Å². The van der Waals surface area contributed by atoms with Crippen molar-refractivity contribution in [1.29, 1.82) is 0 Å². The van der Waals surface area contributed by atoms with Crippen molar-refractivity contribution in [3.8, 4) is 0 Å². The fourth-order valence-electron chi connectivity index (χ4n) is 1.84. The summed E-state index contributed by atoms with van der Waals surface area (Å²) in [6, 6.07) is 12.5. The van der Waals surface area contributed by atoms with E-state index < -0.39 is 0 Å². The number of carbonyl (C=O) groups is 1. The number of benzene rings is 2. The third-order valence-corrected chi connectivity index (χ3v) is 3.45. The Morgan fingerprint density at radius 1 is 1.15 bits per heavy atom. The first kappa shape index (κ1) is 14.7. The molecule has 0 aliphatic rings. The molecule has 1 amide bonds. The van der Waals surface area contributed by atoms with Crippen LogP contribution in [-0.2, 0) is 6.42 Å². The molecule has 0 unspecified atom stereocenters. The molecule has 104 valence electrons. The van der Waals surface area contributed by atoms with E-state index in [1.807, 2.05) is 24.3 Å². The van der Waals surface area contributed by atoms with Gasteiger partial charge in [-0.1, -0.05) is 41.4 Å². The molecular formula is C15H14Cl2N2O. The summed E-state index contributed by atoms with van der Waals surface area (Å²) in [6.07, 6.45) is 0.701. The molecule has 2 rings (SSSR count). The zero-order valence-corrected chi connectivity index (χ0v) is 12.2. The van der Waals surface area contributed by atoms with E-state index in [1.54, 1.807) is 18.2 Å². The summed E-state index contributed by atoms with van der Waals surface area (Å²) in [5.74, 6) is -0.230. The molecule has 3 N–H and O–H groups in total. The highest BCUT2D eigenvalue weighted by Crippen LogP contribution is 2.22. The van der Waals surface area contributed by atoms with Crippen molar-refractivity contribution in [3.05, 3.63) is 63.6 Å². The summed E-state index contributed by atoms with van der Waals surface area (Å²) in [5, 5.41) is 3.88. The quantitative estimate of drug-likeness (QED) is 0.849. The number of amides is 1. The minimum Gasteiger partial charge on any atom is -0.397 e. The number of hydrogen-bond acceptors (Lipinski definition) is 2. The van der Waals surface area contributed by atoms with Crippen LogP contribution in [0, 0.1) is 0 Å². The number of nitrogen functional groups attached to an aromatic ring is 1. The van der Waals surface area contributed by atoms with Gasteiger partial charge >= 0.3 is 0 Å². The summed E-state index contributed by atoms with van der Waals surface area (Å²) in [6.45, 7) is 0.505. The van der Waals surface area contributed by atoms with Crippen LogP contribution >= 0.6 is 23.2 Å². The number of carbonyl (C=O) groups excluding carboxylic acids is 1. The second-order valence-electron chi connectivity index (χ2n) is 4.34. The molecule has 0 saturated carbocycles. The van der Waals surface area contributed by atoms with Gasteiger partial charge in [0.15, 0.2) is 0 Å². The molecule has 2 aromatic rings. The molecule has 0 aliphatic heterocycles. The lowest BCUT2D eigenvalue weighted by atomic mass is 10.1. The molecule has 0 atom stereocenters. The highest BCUT2D eigenvalue weighted by atomic mass is 35.5. The Morgan fingerprint density at radius 2 is 1.90 bits per heavy atom. The largest absolute Gasteiger partial charge is 0.397 e. The van der Waals surface area contributed by atoms with E-state index >= 15 is 0 Å². The number of halogens is 2. The molecule has 0 fully saturated rings. The van der Waals surface area contributed by atoms with Crippen LogP contribution in [0.5, 0.6) is 0 Å². The molecule has 0 spiro atoms. The van der Waals surface area contributed by atoms with Gasteiger partial charge in [-0.25, -0.2) is 0 Å². The predicted molar refractivity (Wildman–Crippen MR) is 83.4 cm³/mol. The van der Waals surface area contributed by atoms with Crippen molar-refractivity contribution in [3.63, 3.8) is 0 Å². The number of nitrogens with two attached hydrogens (primary N) is 1. The monoisotopic (exact) mass is 308 g/mol. The third-order valence-electron chi connectivity index (χ3n) is 2.89. The summed E-state index contributed by atoms with van der Waals surface area (Å²) < 4.78 is 0. The van der Waals surface area contributed by atoms with Gasteiger partial charge in [0, 0.05) is 11.6 Å². The van der Waals surface area contributed by atoms with Gasteiger partial charge in [-0.2, -0.15) is 0 Å². The SMILES string of the molecule is Nc1c(Cl)cccc1C(=O)NCCc1cccc(Cl)c1. The smallest absolute Gasteiger partial charge is 0.253 e. The number of anilines is 1. The highest BCUT2D eigenvalue weighted by molar-refractivity contribution is 6.34. The van der Waals surface area contributed by atoms with E-state index in [-0.39, 0.29) is 5.91 Å². The van der Waals surface area contributed by atoms with Crippen molar-refractivity contribution in [2.45, 2.75) is 6.42 Å². The van der Waals surface area contributed by atoms with Crippen LogP contribution in [0.25, 0.3) is 0 Å². The maximum absolute atomic E-state index is 12.0. The standard InChI is InChI=1S/C15H14Cl2N2O/c16-11-4-1-3-10(9-11)7-8-19-15(20)12-5-2-6-13(17)14(12)18/h1-6,9H,7-8,18H2,(H,19,20). The minimum atomic E-state index is -0.230. The topological polar surface area (TPSA) is 55.1 Å². The van der Waals surface area contributed by atoms with Crippen molar-refractivity contribution >= 4 is 34.8 Å². The lowest BCUT2D eigenvalue weighted by Gasteiger charge is -2.08. The molecule has 0 saturated heterocycles. The van der Waals surface area contributed by atoms with Crippen LogP contribution in [0.4, 0.5) is 5.69 Å². The molecule has 20 heavy (non-hydrogen) atoms. The van der Waals surface area contributed by atoms with E-state index in [1.165, 1.54) is 0 Å². The lowest BCUT2D eigenvalue weighted by Crippen LogP contribution is -2.26. The molecule has 0 heterocycles. The Morgan fingerprint density at radius 3 is 2.65 bits per heavy atom. The molecule has 2 aromatic carbocycles. The van der Waals surface area contributed by atoms with E-state index in [4.69, 9.17) is 28.9 Å². The minimum absolute atomic E-state index is 0.230. The Bertz CT molecular complexity index is 629. The van der Waals surface area contributed by atoms with Gasteiger partial charge in [-0.15, -0.1) is 0 Å². The highest BCUT2D eigenvalue weighted by Gasteiger charge is 2.10. The van der Waals surface area contributed by atoms with Crippen LogP contribution in [0.2, 0.25) is 10.0 Å². The molecule has 0 bridgehead atoms. The molecule has 3 nitrogen and oxygen atoms in total. The van der Waals surface area contributed by atoms with Crippen molar-refractivity contribution < 1.29 is 4.79 Å². The average Bonchev–Trinajstić information content (AvgIpc) is 2.42. The Balaban J connectivity index is 1.94. The summed E-state index contributed by atoms with van der Waals surface area (Å²) in [5.41, 5.74) is 7.54. The first-order valence-corrected chi connectivity index (χ1v) is 6.90. The average molecular weight is 309 g/mol. The maximum Gasteiger partial charge on any atom is 0.253 e. The van der Waals surface area contributed by atoms with Gasteiger partial charge in [-0.3, -0.25) is 4.79 Å². The van der Waals surface area contributed by atoms with Gasteiger partial charge in [-0.05, 0) is 36.2 Å². The van der Waals surface area contributed by atoms with Crippen LogP contribution in [0.3, 0.4) is 0 Å².